The molecule has 4 rings (SSSR count). The van der Waals surface area contributed by atoms with E-state index < -0.39 is 5.91 Å². The Morgan fingerprint density at radius 1 is 0.935 bits per heavy atom. The van der Waals surface area contributed by atoms with Crippen LogP contribution in [-0.4, -0.2) is 11.0 Å². The summed E-state index contributed by atoms with van der Waals surface area (Å²) in [6.07, 6.45) is 0. The quantitative estimate of drug-likeness (QED) is 0.282. The van der Waals surface area contributed by atoms with Crippen molar-refractivity contribution in [2.45, 2.75) is 6.61 Å². The van der Waals surface area contributed by atoms with Gasteiger partial charge in [0.15, 0.2) is 10.9 Å². The molecule has 1 heterocycles. The minimum absolute atomic E-state index is 0.138. The number of ether oxygens (including phenoxy) is 1. The van der Waals surface area contributed by atoms with Gasteiger partial charge in [-0.2, -0.15) is 0 Å². The zero-order valence-corrected chi connectivity index (χ0v) is 17.8. The molecule has 1 aromatic heterocycles. The molecule has 0 bridgehead atoms. The number of nitrogens with one attached hydrogen (secondary N) is 3. The predicted octanol–water partition coefficient (Wildman–Crippen LogP) is 5.30. The van der Waals surface area contributed by atoms with E-state index in [4.69, 9.17) is 33.0 Å². The van der Waals surface area contributed by atoms with Crippen LogP contribution in [0.5, 0.6) is 5.75 Å². The molecule has 156 valence electrons. The van der Waals surface area contributed by atoms with Crippen molar-refractivity contribution in [2.75, 3.05) is 5.32 Å². The van der Waals surface area contributed by atoms with Gasteiger partial charge in [-0.1, -0.05) is 41.9 Å². The lowest BCUT2D eigenvalue weighted by Gasteiger charge is -2.10. The van der Waals surface area contributed by atoms with E-state index in [1.54, 1.807) is 36.4 Å². The number of carbonyl (C=O) groups excluding carboxylic acids is 1. The number of amides is 1. The summed E-state index contributed by atoms with van der Waals surface area (Å²) in [5.74, 6) is 0.928. The summed E-state index contributed by atoms with van der Waals surface area (Å²) in [5.41, 5.74) is 5.85. The molecule has 0 radical (unpaired) electrons. The number of thiocarbonyl (C=S) groups is 1. The third-order valence-corrected chi connectivity index (χ3v) is 4.84. The number of rotatable bonds is 5. The fraction of sp³-hybridized carbons (Fsp3) is 0.0435. The predicted molar refractivity (Wildman–Crippen MR) is 125 cm³/mol. The first-order valence-electron chi connectivity index (χ1n) is 9.40. The van der Waals surface area contributed by atoms with Crippen LogP contribution < -0.4 is 20.9 Å². The van der Waals surface area contributed by atoms with Crippen molar-refractivity contribution in [3.8, 4) is 5.75 Å². The topological polar surface area (TPSA) is 75.5 Å². The normalized spacial score (nSPS) is 10.5. The monoisotopic (exact) mass is 451 g/mol. The van der Waals surface area contributed by atoms with E-state index in [1.807, 2.05) is 42.5 Å². The Morgan fingerprint density at radius 2 is 1.71 bits per heavy atom. The van der Waals surface area contributed by atoms with E-state index >= 15 is 0 Å². The molecule has 0 saturated heterocycles. The maximum atomic E-state index is 12.3. The summed E-state index contributed by atoms with van der Waals surface area (Å²) < 4.78 is 11.3. The van der Waals surface area contributed by atoms with Crippen LogP contribution in [0.15, 0.2) is 83.3 Å². The highest BCUT2D eigenvalue weighted by atomic mass is 35.5. The molecule has 0 unspecified atom stereocenters. The maximum Gasteiger partial charge on any atom is 0.305 e. The summed E-state index contributed by atoms with van der Waals surface area (Å²) in [7, 11) is 0. The van der Waals surface area contributed by atoms with Crippen LogP contribution in [-0.2, 0) is 6.61 Å². The Morgan fingerprint density at radius 3 is 2.52 bits per heavy atom. The maximum absolute atomic E-state index is 12.3. The zero-order valence-electron chi connectivity index (χ0n) is 16.2. The van der Waals surface area contributed by atoms with Gasteiger partial charge in [-0.05, 0) is 71.5 Å². The summed E-state index contributed by atoms with van der Waals surface area (Å²) in [6.45, 7) is 0.204. The lowest BCUT2D eigenvalue weighted by molar-refractivity contribution is 0.0912. The fourth-order valence-electron chi connectivity index (χ4n) is 2.86. The number of carbonyl (C=O) groups is 1. The van der Waals surface area contributed by atoms with Gasteiger partial charge < -0.3 is 14.5 Å². The van der Waals surface area contributed by atoms with Gasteiger partial charge in [0.1, 0.15) is 18.1 Å². The first kappa shape index (κ1) is 20.7. The van der Waals surface area contributed by atoms with Gasteiger partial charge in [0.05, 0.1) is 0 Å². The molecular formula is C23H18ClN3O3S. The van der Waals surface area contributed by atoms with Gasteiger partial charge >= 0.3 is 5.91 Å². The number of hydrazine groups is 1. The number of fused-ring (bicyclic) bond motifs is 1. The minimum atomic E-state index is -0.461. The summed E-state index contributed by atoms with van der Waals surface area (Å²) in [6, 6.07) is 24.2. The van der Waals surface area contributed by atoms with Crippen LogP contribution in [0.3, 0.4) is 0 Å². The molecule has 0 atom stereocenters. The van der Waals surface area contributed by atoms with E-state index in [2.05, 4.69) is 16.2 Å². The smallest absolute Gasteiger partial charge is 0.305 e. The van der Waals surface area contributed by atoms with E-state index in [9.17, 15) is 4.79 Å². The zero-order chi connectivity index (χ0) is 21.6. The van der Waals surface area contributed by atoms with Crippen molar-refractivity contribution in [3.63, 3.8) is 0 Å². The minimum Gasteiger partial charge on any atom is -0.486 e. The molecule has 0 aliphatic rings. The van der Waals surface area contributed by atoms with Crippen LogP contribution in [0.25, 0.3) is 10.8 Å². The van der Waals surface area contributed by atoms with Gasteiger partial charge in [-0.15, -0.1) is 0 Å². The van der Waals surface area contributed by atoms with Crippen molar-refractivity contribution >= 4 is 51.3 Å². The summed E-state index contributed by atoms with van der Waals surface area (Å²) >= 11 is 11.0. The molecular weight excluding hydrogens is 434 g/mol. The molecule has 0 aliphatic carbocycles. The van der Waals surface area contributed by atoms with Gasteiger partial charge in [0.25, 0.3) is 0 Å². The lowest BCUT2D eigenvalue weighted by Crippen LogP contribution is -2.43. The fourth-order valence-corrected chi connectivity index (χ4v) is 3.15. The van der Waals surface area contributed by atoms with Crippen LogP contribution in [0.2, 0.25) is 5.02 Å². The number of benzene rings is 3. The average Bonchev–Trinajstić information content (AvgIpc) is 3.27. The standard InChI is InChI=1S/C23H18ClN3O3S/c24-17-6-8-18(9-7-17)25-23(31)27-26-22(28)21-12-11-20(30-21)14-29-19-10-5-15-3-1-2-4-16(15)13-19/h1-13H,14H2,(H,26,28)(H2,25,27,31). The Bertz CT molecular complexity index is 1220. The Labute approximate surface area is 189 Å². The third-order valence-electron chi connectivity index (χ3n) is 4.38. The van der Waals surface area contributed by atoms with Crippen LogP contribution in [0.4, 0.5) is 5.69 Å². The Balaban J connectivity index is 1.27. The number of halogens is 1. The average molecular weight is 452 g/mol. The SMILES string of the molecule is O=C(NNC(=S)Nc1ccc(Cl)cc1)c1ccc(COc2ccc3ccccc3c2)o1. The van der Waals surface area contributed by atoms with Crippen molar-refractivity contribution in [1.82, 2.24) is 10.9 Å². The van der Waals surface area contributed by atoms with Crippen molar-refractivity contribution in [3.05, 3.63) is 95.4 Å². The number of furan rings is 1. The molecule has 6 nitrogen and oxygen atoms in total. The summed E-state index contributed by atoms with van der Waals surface area (Å²) in [4.78, 5) is 12.3. The molecule has 8 heteroatoms. The molecule has 0 spiro atoms. The van der Waals surface area contributed by atoms with Gasteiger partial charge in [0, 0.05) is 10.7 Å². The molecule has 3 N–H and O–H groups in total. The second-order valence-corrected chi connectivity index (χ2v) is 7.45. The van der Waals surface area contributed by atoms with E-state index in [1.165, 1.54) is 0 Å². The highest BCUT2D eigenvalue weighted by molar-refractivity contribution is 7.80. The Kier molecular flexibility index (Phi) is 6.35. The van der Waals surface area contributed by atoms with Crippen LogP contribution in [0.1, 0.15) is 16.3 Å². The highest BCUT2D eigenvalue weighted by Gasteiger charge is 2.12. The number of anilines is 1. The molecule has 3 aromatic carbocycles. The first-order chi connectivity index (χ1) is 15.1. The number of hydrogen-bond donors (Lipinski definition) is 3. The van der Waals surface area contributed by atoms with Crippen molar-refractivity contribution in [1.29, 1.82) is 0 Å². The van der Waals surface area contributed by atoms with Crippen molar-refractivity contribution in [2.24, 2.45) is 0 Å². The molecule has 31 heavy (non-hydrogen) atoms. The Hall–Kier alpha value is -3.55. The van der Waals surface area contributed by atoms with E-state index in [0.29, 0.717) is 10.8 Å². The van der Waals surface area contributed by atoms with Crippen molar-refractivity contribution < 1.29 is 13.9 Å². The van der Waals surface area contributed by atoms with Crippen LogP contribution >= 0.6 is 23.8 Å². The summed E-state index contributed by atoms with van der Waals surface area (Å²) in [5, 5.41) is 6.01. The molecule has 0 fully saturated rings. The molecule has 4 aromatic rings. The van der Waals surface area contributed by atoms with Gasteiger partial charge in [-0.25, -0.2) is 0 Å². The third kappa shape index (κ3) is 5.53. The van der Waals surface area contributed by atoms with Gasteiger partial charge in [0.2, 0.25) is 0 Å². The molecule has 1 amide bonds. The van der Waals surface area contributed by atoms with E-state index in [0.717, 1.165) is 22.2 Å². The van der Waals surface area contributed by atoms with Crippen LogP contribution in [0, 0.1) is 0 Å². The molecule has 0 aliphatic heterocycles. The first-order valence-corrected chi connectivity index (χ1v) is 10.2. The largest absolute Gasteiger partial charge is 0.486 e. The van der Waals surface area contributed by atoms with Gasteiger partial charge in [-0.3, -0.25) is 15.6 Å². The molecule has 0 saturated carbocycles. The second kappa shape index (κ2) is 9.51. The van der Waals surface area contributed by atoms with E-state index in [-0.39, 0.29) is 17.5 Å². The number of hydrogen-bond acceptors (Lipinski definition) is 4. The second-order valence-electron chi connectivity index (χ2n) is 6.60. The lowest BCUT2D eigenvalue weighted by atomic mass is 10.1. The highest BCUT2D eigenvalue weighted by Crippen LogP contribution is 2.21.